The third-order valence-electron chi connectivity index (χ3n) is 7.58. The Balaban J connectivity index is 0.00000157. The Bertz CT molecular complexity index is 1840. The average molecular weight is 635 g/mol. The first-order chi connectivity index (χ1) is 21.8. The second kappa shape index (κ2) is 15.0. The number of hydrogen-bond donors (Lipinski definition) is 2. The molecule has 242 valence electrons. The number of carbonyl (C=O) groups is 1. The van der Waals surface area contributed by atoms with Gasteiger partial charge in [-0.2, -0.15) is 0 Å². The highest BCUT2D eigenvalue weighted by Gasteiger charge is 2.24. The highest BCUT2D eigenvalue weighted by molar-refractivity contribution is 5.92. The van der Waals surface area contributed by atoms with Gasteiger partial charge in [-0.3, -0.25) is 0 Å². The number of ether oxygens (including phenoxy) is 2. The standard InChI is InChI=1S/C33H28F3N3O4.C2H6.H3N/c1-19-7-8-21(25(34)12-19)17-43-32-6-2-5-28(38-32)24-16-26(35)22(13-27(24)36)15-31-37-29-10-9-20(33(40)41)14-30(29)39(31)23-4-3-11-42-18-23;1-2;/h2,5-10,12-14,16,23H,3-4,11,15,17-18H2,1H3,(H,40,41);1-2H3;1H3. The second-order valence-electron chi connectivity index (χ2n) is 10.6. The minimum absolute atomic E-state index is 0. The summed E-state index contributed by atoms with van der Waals surface area (Å²) in [6, 6.07) is 16.3. The zero-order chi connectivity index (χ0) is 32.1. The maximum absolute atomic E-state index is 15.5. The van der Waals surface area contributed by atoms with Gasteiger partial charge in [-0.15, -0.1) is 0 Å². The predicted molar refractivity (Wildman–Crippen MR) is 170 cm³/mol. The van der Waals surface area contributed by atoms with Gasteiger partial charge in [0.25, 0.3) is 0 Å². The Morgan fingerprint density at radius 1 is 0.978 bits per heavy atom. The summed E-state index contributed by atoms with van der Waals surface area (Å²) >= 11 is 0. The molecule has 3 aromatic carbocycles. The second-order valence-corrected chi connectivity index (χ2v) is 10.6. The molecule has 1 fully saturated rings. The zero-order valence-corrected chi connectivity index (χ0v) is 26.0. The number of aromatic carboxylic acids is 1. The lowest BCUT2D eigenvalue weighted by molar-refractivity contribution is 0.0596. The number of rotatable bonds is 8. The number of nitrogens with zero attached hydrogens (tertiary/aromatic N) is 3. The first-order valence-corrected chi connectivity index (χ1v) is 14.9. The van der Waals surface area contributed by atoms with Gasteiger partial charge in [-0.05, 0) is 73.4 Å². The number of aryl methyl sites for hydroxylation is 1. The molecule has 2 aromatic heterocycles. The van der Waals surface area contributed by atoms with Crippen molar-refractivity contribution in [3.8, 4) is 17.1 Å². The van der Waals surface area contributed by atoms with Crippen molar-refractivity contribution in [2.45, 2.75) is 52.7 Å². The fourth-order valence-corrected chi connectivity index (χ4v) is 5.39. The summed E-state index contributed by atoms with van der Waals surface area (Å²) in [5, 5.41) is 9.52. The van der Waals surface area contributed by atoms with Crippen molar-refractivity contribution in [2.24, 2.45) is 0 Å². The van der Waals surface area contributed by atoms with E-state index in [1.807, 2.05) is 18.4 Å². The maximum atomic E-state index is 15.5. The van der Waals surface area contributed by atoms with Crippen LogP contribution in [-0.4, -0.2) is 38.8 Å². The van der Waals surface area contributed by atoms with E-state index in [2.05, 4.69) is 9.97 Å². The van der Waals surface area contributed by atoms with Crippen molar-refractivity contribution >= 4 is 17.0 Å². The van der Waals surface area contributed by atoms with Crippen molar-refractivity contribution < 1.29 is 32.5 Å². The van der Waals surface area contributed by atoms with Gasteiger partial charge >= 0.3 is 5.97 Å². The lowest BCUT2D eigenvalue weighted by atomic mass is 10.0. The fourth-order valence-electron chi connectivity index (χ4n) is 5.39. The van der Waals surface area contributed by atoms with Crippen LogP contribution in [0.25, 0.3) is 22.3 Å². The number of carboxylic acid groups (broad SMARTS) is 1. The van der Waals surface area contributed by atoms with Crippen LogP contribution in [0.5, 0.6) is 5.88 Å². The van der Waals surface area contributed by atoms with Gasteiger partial charge in [0.1, 0.15) is 29.9 Å². The first-order valence-electron chi connectivity index (χ1n) is 14.9. The van der Waals surface area contributed by atoms with Gasteiger partial charge in [0.05, 0.1) is 34.9 Å². The van der Waals surface area contributed by atoms with Crippen molar-refractivity contribution in [1.82, 2.24) is 20.7 Å². The van der Waals surface area contributed by atoms with Crippen molar-refractivity contribution in [3.63, 3.8) is 0 Å². The van der Waals surface area contributed by atoms with Crippen LogP contribution in [0.1, 0.15) is 65.6 Å². The molecule has 0 aliphatic carbocycles. The summed E-state index contributed by atoms with van der Waals surface area (Å²) in [7, 11) is 0. The highest BCUT2D eigenvalue weighted by Crippen LogP contribution is 2.31. The number of aromatic nitrogens is 3. The molecule has 1 aliphatic rings. The van der Waals surface area contributed by atoms with E-state index >= 15 is 8.78 Å². The summed E-state index contributed by atoms with van der Waals surface area (Å²) in [6.45, 7) is 6.76. The summed E-state index contributed by atoms with van der Waals surface area (Å²) in [5.74, 6) is -2.16. The third-order valence-corrected chi connectivity index (χ3v) is 7.58. The number of carboxylic acids is 1. The van der Waals surface area contributed by atoms with Gasteiger partial charge in [0.2, 0.25) is 5.88 Å². The minimum Gasteiger partial charge on any atom is -0.478 e. The summed E-state index contributed by atoms with van der Waals surface area (Å²) in [6.07, 6.45) is 1.58. The maximum Gasteiger partial charge on any atom is 0.335 e. The fraction of sp³-hybridized carbons (Fsp3) is 0.286. The number of fused-ring (bicyclic) bond motifs is 1. The van der Waals surface area contributed by atoms with Crippen LogP contribution >= 0.6 is 0 Å². The van der Waals surface area contributed by atoms with E-state index in [4.69, 9.17) is 9.47 Å². The topological polar surface area (TPSA) is 121 Å². The van der Waals surface area contributed by atoms with E-state index in [1.54, 1.807) is 49.4 Å². The molecular weight excluding hydrogens is 597 g/mol. The van der Waals surface area contributed by atoms with Crippen molar-refractivity contribution in [3.05, 3.63) is 112 Å². The molecule has 6 rings (SSSR count). The number of imidazole rings is 1. The molecule has 46 heavy (non-hydrogen) atoms. The van der Waals surface area contributed by atoms with Gasteiger partial charge in [0.15, 0.2) is 0 Å². The van der Waals surface area contributed by atoms with Crippen LogP contribution in [-0.2, 0) is 17.8 Å². The summed E-state index contributed by atoms with van der Waals surface area (Å²) in [4.78, 5) is 20.6. The van der Waals surface area contributed by atoms with Crippen LogP contribution in [0.15, 0.2) is 66.7 Å². The average Bonchev–Trinajstić information content (AvgIpc) is 3.40. The summed E-state index contributed by atoms with van der Waals surface area (Å²) in [5.41, 5.74) is 2.63. The van der Waals surface area contributed by atoms with Crippen LogP contribution in [0, 0.1) is 24.4 Å². The molecule has 4 N–H and O–H groups in total. The van der Waals surface area contributed by atoms with E-state index < -0.39 is 23.4 Å². The predicted octanol–water partition coefficient (Wildman–Crippen LogP) is 8.23. The number of hydrogen-bond acceptors (Lipinski definition) is 6. The van der Waals surface area contributed by atoms with Gasteiger partial charge in [-0.25, -0.2) is 27.9 Å². The van der Waals surface area contributed by atoms with Crippen molar-refractivity contribution in [1.29, 1.82) is 0 Å². The largest absolute Gasteiger partial charge is 0.478 e. The van der Waals surface area contributed by atoms with Gasteiger partial charge in [-0.1, -0.05) is 32.0 Å². The molecule has 1 saturated heterocycles. The van der Waals surface area contributed by atoms with Gasteiger partial charge in [0, 0.05) is 30.2 Å². The van der Waals surface area contributed by atoms with Crippen molar-refractivity contribution in [2.75, 3.05) is 13.2 Å². The normalized spacial score (nSPS) is 14.3. The Morgan fingerprint density at radius 2 is 1.76 bits per heavy atom. The molecule has 0 amide bonds. The molecule has 0 bridgehead atoms. The third kappa shape index (κ3) is 7.38. The molecular formula is C35H37F3N4O4. The zero-order valence-electron chi connectivity index (χ0n) is 26.0. The SMILES string of the molecule is CC.Cc1ccc(COc2cccc(-c3cc(F)c(Cc4nc5ccc(C(=O)O)cc5n4C4CCCOC4)cc3F)n2)c(F)c1.N. The van der Waals surface area contributed by atoms with Crippen LogP contribution in [0.3, 0.4) is 0 Å². The quantitative estimate of drug-likeness (QED) is 0.176. The molecule has 0 radical (unpaired) electrons. The number of pyridine rings is 1. The first kappa shape index (κ1) is 34.1. The van der Waals surface area contributed by atoms with E-state index in [0.29, 0.717) is 35.6 Å². The van der Waals surface area contributed by atoms with E-state index in [-0.39, 0.29) is 53.5 Å². The highest BCUT2D eigenvalue weighted by atomic mass is 19.1. The Kier molecular flexibility index (Phi) is 11.2. The van der Waals surface area contributed by atoms with Gasteiger partial charge < -0.3 is 25.3 Å². The molecule has 11 heteroatoms. The molecule has 1 atom stereocenters. The molecule has 8 nitrogen and oxygen atoms in total. The lowest BCUT2D eigenvalue weighted by Gasteiger charge is -2.26. The number of benzene rings is 3. The Morgan fingerprint density at radius 3 is 2.48 bits per heavy atom. The number of halogens is 3. The Labute approximate surface area is 265 Å². The van der Waals surface area contributed by atoms with Crippen LogP contribution in [0.4, 0.5) is 13.2 Å². The van der Waals surface area contributed by atoms with E-state index in [0.717, 1.165) is 30.5 Å². The van der Waals surface area contributed by atoms with E-state index in [9.17, 15) is 14.3 Å². The molecule has 0 spiro atoms. The van der Waals surface area contributed by atoms with Crippen LogP contribution in [0.2, 0.25) is 0 Å². The minimum atomic E-state index is -1.06. The van der Waals surface area contributed by atoms with E-state index in [1.165, 1.54) is 12.1 Å². The van der Waals surface area contributed by atoms with Crippen LogP contribution < -0.4 is 10.9 Å². The molecule has 1 aliphatic heterocycles. The lowest BCUT2D eigenvalue weighted by Crippen LogP contribution is -2.23. The summed E-state index contributed by atoms with van der Waals surface area (Å²) < 4.78 is 58.4. The Hall–Kier alpha value is -4.74. The molecule has 0 saturated carbocycles. The monoisotopic (exact) mass is 634 g/mol. The molecule has 5 aromatic rings. The smallest absolute Gasteiger partial charge is 0.335 e. The molecule has 1 unspecified atom stereocenters. The molecule has 3 heterocycles.